The Hall–Kier alpha value is -1.56. The third kappa shape index (κ3) is 4.90. The number of aliphatic hydroxyl groups is 1. The van der Waals surface area contributed by atoms with Gasteiger partial charge < -0.3 is 19.5 Å². The number of hydrogen-bond acceptors (Lipinski definition) is 5. The van der Waals surface area contributed by atoms with E-state index in [0.717, 1.165) is 12.8 Å². The van der Waals surface area contributed by atoms with Gasteiger partial charge in [-0.25, -0.2) is 4.79 Å². The van der Waals surface area contributed by atoms with Gasteiger partial charge in [0.2, 0.25) is 5.91 Å². The molecule has 1 amide bonds. The monoisotopic (exact) mass is 271 g/mol. The summed E-state index contributed by atoms with van der Waals surface area (Å²) in [7, 11) is 1.29. The summed E-state index contributed by atoms with van der Waals surface area (Å²) in [6, 6.07) is -0.120. The van der Waals surface area contributed by atoms with Crippen LogP contribution in [-0.4, -0.2) is 54.8 Å². The molecule has 0 aromatic carbocycles. The predicted octanol–water partition coefficient (Wildman–Crippen LogP) is 0.453. The number of piperidine rings is 1. The summed E-state index contributed by atoms with van der Waals surface area (Å²) in [5.74, 6) is 0.151. The summed E-state index contributed by atoms with van der Waals surface area (Å²) in [5.41, 5.74) is 0. The molecule has 0 aromatic rings. The Morgan fingerprint density at radius 3 is 2.95 bits per heavy atom. The number of carbonyl (C=O) groups is 2. The fourth-order valence-corrected chi connectivity index (χ4v) is 1.95. The normalized spacial score (nSPS) is 20.4. The molecule has 1 aliphatic rings. The molecule has 6 nitrogen and oxygen atoms in total. The molecule has 1 rings (SSSR count). The van der Waals surface area contributed by atoms with Gasteiger partial charge in [0, 0.05) is 13.0 Å². The van der Waals surface area contributed by atoms with Crippen LogP contribution in [0.5, 0.6) is 0 Å². The van der Waals surface area contributed by atoms with Gasteiger partial charge in [-0.2, -0.15) is 0 Å². The summed E-state index contributed by atoms with van der Waals surface area (Å²) >= 11 is 0. The Morgan fingerprint density at radius 2 is 2.32 bits per heavy atom. The van der Waals surface area contributed by atoms with Gasteiger partial charge in [-0.15, -0.1) is 0 Å². The summed E-state index contributed by atoms with van der Waals surface area (Å²) in [5, 5.41) is 9.25. The van der Waals surface area contributed by atoms with E-state index in [1.165, 1.54) is 7.11 Å². The maximum absolute atomic E-state index is 11.8. The van der Waals surface area contributed by atoms with E-state index in [1.807, 2.05) is 0 Å². The molecular formula is C13H21NO5. The molecule has 0 unspecified atom stereocenters. The zero-order valence-corrected chi connectivity index (χ0v) is 11.4. The van der Waals surface area contributed by atoms with Crippen LogP contribution in [0.4, 0.5) is 0 Å². The van der Waals surface area contributed by atoms with Crippen molar-refractivity contribution in [2.75, 3.05) is 26.9 Å². The molecule has 1 fully saturated rings. The van der Waals surface area contributed by atoms with Crippen LogP contribution in [0.3, 0.4) is 0 Å². The average Bonchev–Trinajstić information content (AvgIpc) is 2.42. The number of methoxy groups -OCH3 is 1. The molecule has 0 saturated carbocycles. The lowest BCUT2D eigenvalue weighted by atomic mass is 10.0. The molecule has 108 valence electrons. The fourth-order valence-electron chi connectivity index (χ4n) is 1.95. The van der Waals surface area contributed by atoms with Gasteiger partial charge in [0.1, 0.15) is 0 Å². The van der Waals surface area contributed by atoms with Crippen LogP contribution in [0, 0.1) is 0 Å². The van der Waals surface area contributed by atoms with Gasteiger partial charge in [-0.3, -0.25) is 4.79 Å². The second-order valence-electron chi connectivity index (χ2n) is 4.45. The fraction of sp³-hybridized carbons (Fsp3) is 0.692. The molecule has 1 N–H and O–H groups in total. The van der Waals surface area contributed by atoms with E-state index in [-0.39, 0.29) is 25.2 Å². The van der Waals surface area contributed by atoms with Crippen LogP contribution in [0.15, 0.2) is 11.8 Å². The quantitative estimate of drug-likeness (QED) is 0.561. The number of carbonyl (C=O) groups excluding carboxylic acids is 2. The number of esters is 1. The van der Waals surface area contributed by atoms with Crippen molar-refractivity contribution >= 4 is 11.9 Å². The van der Waals surface area contributed by atoms with E-state index < -0.39 is 5.97 Å². The van der Waals surface area contributed by atoms with Crippen LogP contribution < -0.4 is 0 Å². The average molecular weight is 271 g/mol. The Balaban J connectivity index is 2.47. The molecule has 1 atom stereocenters. The minimum Gasteiger partial charge on any atom is -0.487 e. The van der Waals surface area contributed by atoms with E-state index in [2.05, 4.69) is 4.74 Å². The number of hydrogen-bond donors (Lipinski definition) is 1. The lowest BCUT2D eigenvalue weighted by Crippen LogP contribution is -2.45. The predicted molar refractivity (Wildman–Crippen MR) is 68.2 cm³/mol. The Labute approximate surface area is 113 Å². The SMILES string of the molecule is COC(=O)COC(C)=CCN1C(=O)CCC[C@@H]1CO. The number of nitrogens with zero attached hydrogens (tertiary/aromatic N) is 1. The number of rotatable bonds is 6. The molecular weight excluding hydrogens is 250 g/mol. The molecule has 1 aliphatic heterocycles. The standard InChI is InChI=1S/C13H21NO5/c1-10(19-9-13(17)18-2)6-7-14-11(8-15)4-3-5-12(14)16/h6,11,15H,3-5,7-9H2,1-2H3/t11-/m1/s1. The Kier molecular flexibility index (Phi) is 6.35. The van der Waals surface area contributed by atoms with Crippen LogP contribution in [0.25, 0.3) is 0 Å². The number of likely N-dealkylation sites (tertiary alicyclic amines) is 1. The second-order valence-corrected chi connectivity index (χ2v) is 4.45. The molecule has 0 aliphatic carbocycles. The first kappa shape index (κ1) is 15.5. The second kappa shape index (κ2) is 7.78. The van der Waals surface area contributed by atoms with E-state index in [1.54, 1.807) is 17.9 Å². The van der Waals surface area contributed by atoms with Gasteiger partial charge in [0.05, 0.1) is 25.5 Å². The summed E-state index contributed by atoms with van der Waals surface area (Å²) in [6.07, 6.45) is 3.89. The van der Waals surface area contributed by atoms with Crippen molar-refractivity contribution in [1.82, 2.24) is 4.90 Å². The van der Waals surface area contributed by atoms with Gasteiger partial charge in [-0.1, -0.05) is 0 Å². The minimum atomic E-state index is -0.449. The molecule has 0 aromatic heterocycles. The Bertz CT molecular complexity index is 353. The van der Waals surface area contributed by atoms with E-state index in [4.69, 9.17) is 4.74 Å². The number of aliphatic hydroxyl groups excluding tert-OH is 1. The van der Waals surface area contributed by atoms with Crippen molar-refractivity contribution in [2.24, 2.45) is 0 Å². The summed E-state index contributed by atoms with van der Waals surface area (Å²) < 4.78 is 9.63. The van der Waals surface area contributed by atoms with Crippen molar-refractivity contribution < 1.29 is 24.2 Å². The zero-order valence-electron chi connectivity index (χ0n) is 11.4. The highest BCUT2D eigenvalue weighted by molar-refractivity contribution is 5.77. The number of amides is 1. The van der Waals surface area contributed by atoms with Crippen LogP contribution in [0.1, 0.15) is 26.2 Å². The lowest BCUT2D eigenvalue weighted by molar-refractivity contribution is -0.144. The van der Waals surface area contributed by atoms with Crippen molar-refractivity contribution in [1.29, 1.82) is 0 Å². The number of ether oxygens (including phenoxy) is 2. The highest BCUT2D eigenvalue weighted by atomic mass is 16.6. The van der Waals surface area contributed by atoms with E-state index in [0.29, 0.717) is 18.7 Å². The highest BCUT2D eigenvalue weighted by Crippen LogP contribution is 2.17. The molecule has 1 heterocycles. The maximum Gasteiger partial charge on any atom is 0.343 e. The third-order valence-electron chi connectivity index (χ3n) is 3.12. The Morgan fingerprint density at radius 1 is 1.58 bits per heavy atom. The first-order valence-electron chi connectivity index (χ1n) is 6.35. The van der Waals surface area contributed by atoms with Gasteiger partial charge in [0.15, 0.2) is 6.61 Å². The van der Waals surface area contributed by atoms with E-state index >= 15 is 0 Å². The van der Waals surface area contributed by atoms with Crippen LogP contribution in [0.2, 0.25) is 0 Å². The highest BCUT2D eigenvalue weighted by Gasteiger charge is 2.26. The largest absolute Gasteiger partial charge is 0.487 e. The molecule has 1 saturated heterocycles. The van der Waals surface area contributed by atoms with Crippen molar-refractivity contribution in [3.63, 3.8) is 0 Å². The maximum atomic E-state index is 11.8. The first-order chi connectivity index (χ1) is 9.08. The molecule has 0 bridgehead atoms. The van der Waals surface area contributed by atoms with Crippen LogP contribution >= 0.6 is 0 Å². The number of allylic oxidation sites excluding steroid dienone is 1. The van der Waals surface area contributed by atoms with E-state index in [9.17, 15) is 14.7 Å². The lowest BCUT2D eigenvalue weighted by Gasteiger charge is -2.33. The topological polar surface area (TPSA) is 76.1 Å². The third-order valence-corrected chi connectivity index (χ3v) is 3.12. The van der Waals surface area contributed by atoms with Gasteiger partial charge in [0.25, 0.3) is 0 Å². The summed E-state index contributed by atoms with van der Waals surface area (Å²) in [6.45, 7) is 1.93. The first-order valence-corrected chi connectivity index (χ1v) is 6.35. The van der Waals surface area contributed by atoms with Crippen molar-refractivity contribution in [3.8, 4) is 0 Å². The molecule has 6 heteroatoms. The van der Waals surface area contributed by atoms with Crippen LogP contribution in [-0.2, 0) is 19.1 Å². The van der Waals surface area contributed by atoms with Gasteiger partial charge >= 0.3 is 5.97 Å². The minimum absolute atomic E-state index is 0.0261. The molecule has 0 spiro atoms. The summed E-state index contributed by atoms with van der Waals surface area (Å²) in [4.78, 5) is 24.3. The molecule has 0 radical (unpaired) electrons. The van der Waals surface area contributed by atoms with Crippen molar-refractivity contribution in [2.45, 2.75) is 32.2 Å². The van der Waals surface area contributed by atoms with Crippen molar-refractivity contribution in [3.05, 3.63) is 11.8 Å². The smallest absolute Gasteiger partial charge is 0.343 e. The molecule has 19 heavy (non-hydrogen) atoms. The van der Waals surface area contributed by atoms with Gasteiger partial charge in [-0.05, 0) is 25.8 Å². The zero-order chi connectivity index (χ0) is 14.3.